The first kappa shape index (κ1) is 22.8. The third-order valence-corrected chi connectivity index (χ3v) is 6.88. The maximum absolute atomic E-state index is 13.6. The van der Waals surface area contributed by atoms with Gasteiger partial charge in [0.15, 0.2) is 0 Å². The molecule has 0 bridgehead atoms. The molecule has 1 amide bonds. The summed E-state index contributed by atoms with van der Waals surface area (Å²) in [7, 11) is 0. The maximum atomic E-state index is 13.6. The van der Waals surface area contributed by atoms with Gasteiger partial charge in [-0.1, -0.05) is 55.8 Å². The lowest BCUT2D eigenvalue weighted by Crippen LogP contribution is -2.57. The van der Waals surface area contributed by atoms with Crippen LogP contribution in [0, 0.1) is 5.41 Å². The molecule has 1 aromatic heterocycles. The van der Waals surface area contributed by atoms with Gasteiger partial charge in [0.2, 0.25) is 11.7 Å². The molecule has 2 heterocycles. The van der Waals surface area contributed by atoms with E-state index in [1.165, 1.54) is 0 Å². The van der Waals surface area contributed by atoms with Gasteiger partial charge < -0.3 is 0 Å². The molecule has 0 radical (unpaired) electrons. The first-order chi connectivity index (χ1) is 15.7. The van der Waals surface area contributed by atoms with Crippen LogP contribution in [-0.4, -0.2) is 42.8 Å². The Morgan fingerprint density at radius 3 is 2.42 bits per heavy atom. The van der Waals surface area contributed by atoms with Crippen molar-refractivity contribution in [1.82, 2.24) is 25.5 Å². The average molecular weight is 445 g/mol. The number of rotatable bonds is 7. The van der Waals surface area contributed by atoms with Crippen molar-refractivity contribution in [2.75, 3.05) is 0 Å². The molecule has 3 aromatic rings. The molecular formula is C26H32N6O. The predicted molar refractivity (Wildman–Crippen MR) is 130 cm³/mol. The Morgan fingerprint density at radius 1 is 1.00 bits per heavy atom. The van der Waals surface area contributed by atoms with Gasteiger partial charge in [-0.05, 0) is 62.1 Å². The van der Waals surface area contributed by atoms with E-state index in [9.17, 15) is 4.79 Å². The van der Waals surface area contributed by atoms with Gasteiger partial charge in [-0.2, -0.15) is 5.21 Å². The molecule has 1 aliphatic rings. The zero-order chi connectivity index (χ0) is 23.6. The zero-order valence-corrected chi connectivity index (χ0v) is 20.1. The van der Waals surface area contributed by atoms with Crippen molar-refractivity contribution < 1.29 is 4.79 Å². The van der Waals surface area contributed by atoms with Crippen LogP contribution in [0.25, 0.3) is 22.5 Å². The minimum absolute atomic E-state index is 0.113. The van der Waals surface area contributed by atoms with E-state index in [0.29, 0.717) is 12.4 Å². The Morgan fingerprint density at radius 2 is 1.76 bits per heavy atom. The fourth-order valence-corrected chi connectivity index (χ4v) is 4.13. The first-order valence-electron chi connectivity index (χ1n) is 11.6. The van der Waals surface area contributed by atoms with E-state index in [0.717, 1.165) is 47.4 Å². The second-order valence-electron chi connectivity index (χ2n) is 9.69. The molecule has 1 N–H and O–H groups in total. The standard InChI is InChI=1S/C26H32N6O/c1-6-7-13-22-27-26(4,5)25(2,3)24(33)32(22)17-18-14-15-20(19-11-9-8-10-12-19)21(16-18)23-28-30-31-29-23/h8-12,14-16H,6-7,13,17H2,1-5H3,(H,28,29,30,31). The number of amides is 1. The van der Waals surface area contributed by atoms with Crippen molar-refractivity contribution in [3.63, 3.8) is 0 Å². The van der Waals surface area contributed by atoms with E-state index in [1.807, 2.05) is 36.9 Å². The number of H-pyrrole nitrogens is 1. The van der Waals surface area contributed by atoms with Crippen molar-refractivity contribution in [1.29, 1.82) is 0 Å². The molecular weight excluding hydrogens is 412 g/mol. The molecule has 33 heavy (non-hydrogen) atoms. The Balaban J connectivity index is 1.75. The summed E-state index contributed by atoms with van der Waals surface area (Å²) in [4.78, 5) is 20.6. The summed E-state index contributed by atoms with van der Waals surface area (Å²) >= 11 is 0. The van der Waals surface area contributed by atoms with Crippen LogP contribution in [0.5, 0.6) is 0 Å². The van der Waals surface area contributed by atoms with Crippen molar-refractivity contribution >= 4 is 11.7 Å². The van der Waals surface area contributed by atoms with Crippen LogP contribution in [-0.2, 0) is 11.3 Å². The van der Waals surface area contributed by atoms with Crippen molar-refractivity contribution in [2.45, 2.75) is 66.0 Å². The number of aromatic nitrogens is 4. The van der Waals surface area contributed by atoms with Gasteiger partial charge in [0, 0.05) is 12.0 Å². The largest absolute Gasteiger partial charge is 0.296 e. The highest BCUT2D eigenvalue weighted by Crippen LogP contribution is 2.41. The van der Waals surface area contributed by atoms with Crippen LogP contribution >= 0.6 is 0 Å². The number of aromatic amines is 1. The van der Waals surface area contributed by atoms with Crippen LogP contribution in [0.15, 0.2) is 53.5 Å². The molecule has 0 aliphatic carbocycles. The van der Waals surface area contributed by atoms with Gasteiger partial charge >= 0.3 is 0 Å². The number of hydrogen-bond acceptors (Lipinski definition) is 5. The lowest BCUT2D eigenvalue weighted by molar-refractivity contribution is -0.141. The third-order valence-electron chi connectivity index (χ3n) is 6.88. The molecule has 0 unspecified atom stereocenters. The van der Waals surface area contributed by atoms with Crippen LogP contribution in [0.1, 0.15) is 59.4 Å². The summed E-state index contributed by atoms with van der Waals surface area (Å²) in [6.07, 6.45) is 2.85. The van der Waals surface area contributed by atoms with E-state index in [2.05, 4.69) is 71.7 Å². The number of benzene rings is 2. The summed E-state index contributed by atoms with van der Waals surface area (Å²) in [6.45, 7) is 10.7. The zero-order valence-electron chi connectivity index (χ0n) is 20.1. The smallest absolute Gasteiger partial charge is 0.236 e. The number of nitrogens with one attached hydrogen (secondary N) is 1. The predicted octanol–water partition coefficient (Wildman–Crippen LogP) is 5.27. The molecule has 7 heteroatoms. The minimum Gasteiger partial charge on any atom is -0.296 e. The Kier molecular flexibility index (Phi) is 6.15. The number of carbonyl (C=O) groups is 1. The highest BCUT2D eigenvalue weighted by molar-refractivity contribution is 6.03. The molecule has 2 aromatic carbocycles. The molecule has 0 fully saturated rings. The minimum atomic E-state index is -0.594. The highest BCUT2D eigenvalue weighted by atomic mass is 16.2. The van der Waals surface area contributed by atoms with Gasteiger partial charge in [-0.15, -0.1) is 10.2 Å². The maximum Gasteiger partial charge on any atom is 0.236 e. The monoisotopic (exact) mass is 444 g/mol. The number of hydrogen-bond donors (Lipinski definition) is 1. The fraction of sp³-hybridized carbons (Fsp3) is 0.423. The summed E-state index contributed by atoms with van der Waals surface area (Å²) < 4.78 is 0. The van der Waals surface area contributed by atoms with E-state index in [4.69, 9.17) is 4.99 Å². The van der Waals surface area contributed by atoms with Gasteiger partial charge in [0.1, 0.15) is 5.84 Å². The molecule has 172 valence electrons. The summed E-state index contributed by atoms with van der Waals surface area (Å²) in [5.74, 6) is 1.52. The number of aliphatic imine (C=N–C) groups is 1. The second kappa shape index (κ2) is 8.89. The lowest BCUT2D eigenvalue weighted by Gasteiger charge is -2.46. The Hall–Kier alpha value is -3.35. The number of carbonyl (C=O) groups excluding carboxylic acids is 1. The topological polar surface area (TPSA) is 87.1 Å². The highest BCUT2D eigenvalue weighted by Gasteiger charge is 2.49. The number of tetrazole rings is 1. The molecule has 4 rings (SSSR count). The van der Waals surface area contributed by atoms with Crippen molar-refractivity contribution in [3.8, 4) is 22.5 Å². The quantitative estimate of drug-likeness (QED) is 0.538. The van der Waals surface area contributed by atoms with Crippen molar-refractivity contribution in [3.05, 3.63) is 54.1 Å². The van der Waals surface area contributed by atoms with Gasteiger partial charge in [0.25, 0.3) is 0 Å². The summed E-state index contributed by atoms with van der Waals surface area (Å²) in [5.41, 5.74) is 2.93. The van der Waals surface area contributed by atoms with Gasteiger partial charge in [-0.3, -0.25) is 14.7 Å². The fourth-order valence-electron chi connectivity index (χ4n) is 4.13. The van der Waals surface area contributed by atoms with Crippen LogP contribution in [0.4, 0.5) is 0 Å². The molecule has 0 atom stereocenters. The SMILES string of the molecule is CCCCC1=NC(C)(C)C(C)(C)C(=O)N1Cc1ccc(-c2ccccc2)c(-c2nn[nH]n2)c1. The van der Waals surface area contributed by atoms with E-state index in [-0.39, 0.29) is 5.91 Å². The second-order valence-corrected chi connectivity index (χ2v) is 9.69. The summed E-state index contributed by atoms with van der Waals surface area (Å²) in [5, 5.41) is 14.7. The lowest BCUT2D eigenvalue weighted by atomic mass is 9.72. The van der Waals surface area contributed by atoms with Crippen LogP contribution < -0.4 is 0 Å². The number of amidine groups is 1. The average Bonchev–Trinajstić information content (AvgIpc) is 3.34. The van der Waals surface area contributed by atoms with E-state index >= 15 is 0 Å². The number of nitrogens with zero attached hydrogens (tertiary/aromatic N) is 5. The van der Waals surface area contributed by atoms with E-state index < -0.39 is 11.0 Å². The van der Waals surface area contributed by atoms with Crippen molar-refractivity contribution in [2.24, 2.45) is 10.4 Å². The Labute approximate surface area is 195 Å². The third kappa shape index (κ3) is 4.32. The first-order valence-corrected chi connectivity index (χ1v) is 11.6. The Bertz CT molecular complexity index is 1150. The van der Waals surface area contributed by atoms with Gasteiger partial charge in [0.05, 0.1) is 17.5 Å². The molecule has 7 nitrogen and oxygen atoms in total. The molecule has 0 saturated carbocycles. The molecule has 1 aliphatic heterocycles. The van der Waals surface area contributed by atoms with Crippen LogP contribution in [0.2, 0.25) is 0 Å². The number of unbranched alkanes of at least 4 members (excludes halogenated alkanes) is 1. The van der Waals surface area contributed by atoms with Gasteiger partial charge in [-0.25, -0.2) is 0 Å². The molecule has 0 spiro atoms. The van der Waals surface area contributed by atoms with Crippen LogP contribution in [0.3, 0.4) is 0 Å². The summed E-state index contributed by atoms with van der Waals surface area (Å²) in [6, 6.07) is 16.3. The van der Waals surface area contributed by atoms with E-state index in [1.54, 1.807) is 0 Å². The normalized spacial score (nSPS) is 17.2. The molecule has 0 saturated heterocycles.